The minimum atomic E-state index is -1.28. The van der Waals surface area contributed by atoms with Crippen LogP contribution in [-0.4, -0.2) is 83.2 Å². The zero-order valence-electron chi connectivity index (χ0n) is 22.2. The van der Waals surface area contributed by atoms with Gasteiger partial charge in [-0.15, -0.1) is 0 Å². The van der Waals surface area contributed by atoms with Crippen LogP contribution in [0.4, 0.5) is 5.69 Å². The molecule has 1 spiro atoms. The van der Waals surface area contributed by atoms with E-state index in [4.69, 9.17) is 16.3 Å². The number of aliphatic hydroxyl groups excluding tert-OH is 1. The number of para-hydroxylation sites is 1. The molecule has 0 aromatic heterocycles. The van der Waals surface area contributed by atoms with E-state index in [2.05, 4.69) is 0 Å². The third-order valence-corrected chi connectivity index (χ3v) is 8.96. The van der Waals surface area contributed by atoms with Crippen molar-refractivity contribution in [3.05, 3.63) is 53.1 Å². The Morgan fingerprint density at radius 2 is 1.79 bits per heavy atom. The summed E-state index contributed by atoms with van der Waals surface area (Å²) in [5.41, 5.74) is -0.796. The number of hydrogen-bond acceptors (Lipinski definition) is 5. The lowest BCUT2D eigenvalue weighted by Gasteiger charge is -2.38. The Hall–Kier alpha value is -2.68. The number of aliphatic hydroxyl groups is 1. The van der Waals surface area contributed by atoms with Gasteiger partial charge in [0.25, 0.3) is 5.91 Å². The molecule has 0 radical (unpaired) electrons. The summed E-state index contributed by atoms with van der Waals surface area (Å²) < 4.78 is 6.94. The predicted molar refractivity (Wildman–Crippen MR) is 145 cm³/mol. The number of carbonyl (C=O) groups excluding carboxylic acids is 3. The Kier molecular flexibility index (Phi) is 7.18. The van der Waals surface area contributed by atoms with Crippen LogP contribution in [0.3, 0.4) is 0 Å². The minimum absolute atomic E-state index is 0.0720. The third-order valence-electron chi connectivity index (χ3n) is 8.66. The lowest BCUT2D eigenvalue weighted by Crippen LogP contribution is -2.56. The Morgan fingerprint density at radius 3 is 2.50 bits per heavy atom. The van der Waals surface area contributed by atoms with Crippen LogP contribution in [0.5, 0.6) is 0 Å². The Labute approximate surface area is 228 Å². The molecule has 38 heavy (non-hydrogen) atoms. The first kappa shape index (κ1) is 26.9. The maximum atomic E-state index is 14.5. The molecule has 0 bridgehead atoms. The number of unbranched alkanes of at least 4 members (excludes halogenated alkanes) is 2. The van der Waals surface area contributed by atoms with Gasteiger partial charge in [0.1, 0.15) is 11.6 Å². The standard InChI is InChI=1S/C29H36ClN3O5/c1-4-28-13-9-15-31(3)25(35)21(28)22-26(36)33(16-6-5-7-18-34)24-27(37)32(17-10-14-29(22,24)38-28)23-19(2)11-8-12-20(23)30/h8-14,21-22,24,34H,4-7,15-18H2,1-3H3/t21-,22-,24?,28+,29-/m0/s1. The van der Waals surface area contributed by atoms with Crippen molar-refractivity contribution in [2.24, 2.45) is 11.8 Å². The van der Waals surface area contributed by atoms with Crippen molar-refractivity contribution in [2.45, 2.75) is 56.8 Å². The quantitative estimate of drug-likeness (QED) is 0.423. The molecule has 1 aromatic carbocycles. The minimum Gasteiger partial charge on any atom is -0.396 e. The molecular formula is C29H36ClN3O5. The number of likely N-dealkylation sites (N-methyl/N-ethyl adjacent to an activating group) is 1. The molecule has 4 aliphatic rings. The topological polar surface area (TPSA) is 90.4 Å². The molecule has 1 aromatic rings. The monoisotopic (exact) mass is 541 g/mol. The molecule has 0 aliphatic carbocycles. The fourth-order valence-electron chi connectivity index (χ4n) is 6.86. The maximum Gasteiger partial charge on any atom is 0.253 e. The van der Waals surface area contributed by atoms with E-state index in [0.717, 1.165) is 12.0 Å². The van der Waals surface area contributed by atoms with E-state index in [-0.39, 0.29) is 30.9 Å². The Balaban J connectivity index is 1.65. The van der Waals surface area contributed by atoms with Crippen LogP contribution in [0.2, 0.25) is 5.02 Å². The molecular weight excluding hydrogens is 506 g/mol. The van der Waals surface area contributed by atoms with Crippen LogP contribution in [0.15, 0.2) is 42.5 Å². The van der Waals surface area contributed by atoms with Gasteiger partial charge in [0, 0.05) is 33.3 Å². The maximum absolute atomic E-state index is 14.5. The molecule has 1 N–H and O–H groups in total. The van der Waals surface area contributed by atoms with E-state index in [1.165, 1.54) is 0 Å². The van der Waals surface area contributed by atoms with E-state index >= 15 is 0 Å². The number of hydrogen-bond donors (Lipinski definition) is 1. The van der Waals surface area contributed by atoms with Gasteiger partial charge in [-0.25, -0.2) is 0 Å². The number of fused-ring (bicyclic) bond motifs is 2. The van der Waals surface area contributed by atoms with Gasteiger partial charge in [0.05, 0.1) is 28.1 Å². The second kappa shape index (κ2) is 10.1. The predicted octanol–water partition coefficient (Wildman–Crippen LogP) is 3.10. The van der Waals surface area contributed by atoms with Crippen LogP contribution in [-0.2, 0) is 19.1 Å². The van der Waals surface area contributed by atoms with Crippen molar-refractivity contribution in [3.8, 4) is 0 Å². The second-order valence-corrected chi connectivity index (χ2v) is 11.2. The average Bonchev–Trinajstić information content (AvgIpc) is 3.19. The van der Waals surface area contributed by atoms with Crippen LogP contribution in [0, 0.1) is 18.8 Å². The lowest BCUT2D eigenvalue weighted by molar-refractivity contribution is -0.149. The summed E-state index contributed by atoms with van der Waals surface area (Å²) in [6, 6.07) is 4.57. The number of halogens is 1. The molecule has 5 rings (SSSR count). The number of rotatable bonds is 7. The highest BCUT2D eigenvalue weighted by atomic mass is 35.5. The smallest absolute Gasteiger partial charge is 0.253 e. The van der Waals surface area contributed by atoms with Gasteiger partial charge in [-0.2, -0.15) is 0 Å². The van der Waals surface area contributed by atoms with E-state index in [0.29, 0.717) is 43.1 Å². The second-order valence-electron chi connectivity index (χ2n) is 10.8. The zero-order chi connectivity index (χ0) is 27.2. The molecule has 5 atom stereocenters. The van der Waals surface area contributed by atoms with Crippen LogP contribution >= 0.6 is 11.6 Å². The molecule has 4 heterocycles. The number of likely N-dealkylation sites (tertiary alicyclic amines) is 1. The van der Waals surface area contributed by atoms with Crippen LogP contribution < -0.4 is 4.90 Å². The average molecular weight is 542 g/mol. The third kappa shape index (κ3) is 3.91. The van der Waals surface area contributed by atoms with Crippen LogP contribution in [0.1, 0.15) is 38.2 Å². The normalized spacial score (nSPS) is 32.4. The highest BCUT2D eigenvalue weighted by Gasteiger charge is 2.75. The first-order chi connectivity index (χ1) is 18.2. The van der Waals surface area contributed by atoms with E-state index in [9.17, 15) is 19.5 Å². The molecule has 1 unspecified atom stereocenters. The van der Waals surface area contributed by atoms with Gasteiger partial charge in [0.15, 0.2) is 0 Å². The molecule has 8 nitrogen and oxygen atoms in total. The number of aryl methyl sites for hydroxylation is 1. The van der Waals surface area contributed by atoms with Crippen molar-refractivity contribution >= 4 is 35.0 Å². The number of nitrogens with zero attached hydrogens (tertiary/aromatic N) is 3. The molecule has 2 fully saturated rings. The van der Waals surface area contributed by atoms with Gasteiger partial charge in [-0.3, -0.25) is 14.4 Å². The summed E-state index contributed by atoms with van der Waals surface area (Å²) in [7, 11) is 1.74. The summed E-state index contributed by atoms with van der Waals surface area (Å²) in [6.45, 7) is 4.99. The molecule has 204 valence electrons. The molecule has 3 amide bonds. The fraction of sp³-hybridized carbons (Fsp3) is 0.552. The largest absolute Gasteiger partial charge is 0.396 e. The molecule has 0 saturated carbocycles. The molecule has 4 aliphatic heterocycles. The van der Waals surface area contributed by atoms with Crippen LogP contribution in [0.25, 0.3) is 0 Å². The van der Waals surface area contributed by atoms with Gasteiger partial charge in [-0.05, 0) is 44.2 Å². The van der Waals surface area contributed by atoms with Gasteiger partial charge in [-0.1, -0.05) is 55.0 Å². The first-order valence-electron chi connectivity index (χ1n) is 13.5. The number of amides is 3. The Bertz CT molecular complexity index is 1180. The first-order valence-corrected chi connectivity index (χ1v) is 13.9. The van der Waals surface area contributed by atoms with Gasteiger partial charge in [0.2, 0.25) is 11.8 Å². The van der Waals surface area contributed by atoms with Crippen molar-refractivity contribution in [2.75, 3.05) is 38.2 Å². The van der Waals surface area contributed by atoms with E-state index in [1.807, 2.05) is 50.3 Å². The number of benzene rings is 1. The zero-order valence-corrected chi connectivity index (χ0v) is 23.0. The van der Waals surface area contributed by atoms with E-state index < -0.39 is 29.1 Å². The fourth-order valence-corrected chi connectivity index (χ4v) is 7.18. The van der Waals surface area contributed by atoms with E-state index in [1.54, 1.807) is 27.8 Å². The van der Waals surface area contributed by atoms with Crippen molar-refractivity contribution < 1.29 is 24.2 Å². The highest BCUT2D eigenvalue weighted by molar-refractivity contribution is 6.34. The lowest BCUT2D eigenvalue weighted by atomic mass is 9.73. The SMILES string of the molecule is CC[C@@]12C=CCN(C)C(=O)[C@@H]1[C@H]1C(=O)N(CCCCCO)C3C(=O)N(c4c(C)cccc4Cl)CC=C[C@@]31O2. The molecule has 9 heteroatoms. The summed E-state index contributed by atoms with van der Waals surface area (Å²) >= 11 is 6.60. The number of anilines is 1. The summed E-state index contributed by atoms with van der Waals surface area (Å²) in [5.74, 6) is -2.20. The van der Waals surface area contributed by atoms with Crippen molar-refractivity contribution in [1.29, 1.82) is 0 Å². The van der Waals surface area contributed by atoms with Crippen molar-refractivity contribution in [3.63, 3.8) is 0 Å². The number of carbonyl (C=O) groups is 3. The van der Waals surface area contributed by atoms with Crippen molar-refractivity contribution in [1.82, 2.24) is 9.80 Å². The summed E-state index contributed by atoms with van der Waals surface area (Å²) in [5, 5.41) is 9.71. The molecule has 2 saturated heterocycles. The van der Waals surface area contributed by atoms with Gasteiger partial charge >= 0.3 is 0 Å². The highest BCUT2D eigenvalue weighted by Crippen LogP contribution is 2.58. The summed E-state index contributed by atoms with van der Waals surface area (Å²) in [6.07, 6.45) is 10.1. The number of ether oxygens (including phenoxy) is 1. The Morgan fingerprint density at radius 1 is 1.03 bits per heavy atom. The summed E-state index contributed by atoms with van der Waals surface area (Å²) in [4.78, 5) is 47.5. The van der Waals surface area contributed by atoms with Gasteiger partial charge < -0.3 is 24.5 Å².